The molecule has 4 nitrogen and oxygen atoms in total. The van der Waals surface area contributed by atoms with Crippen LogP contribution in [-0.4, -0.2) is 20.1 Å². The van der Waals surface area contributed by atoms with Gasteiger partial charge in [-0.3, -0.25) is 4.79 Å². The highest BCUT2D eigenvalue weighted by molar-refractivity contribution is 6.09. The zero-order valence-electron chi connectivity index (χ0n) is 13.6. The molecule has 4 rings (SSSR count). The summed E-state index contributed by atoms with van der Waals surface area (Å²) in [7, 11) is 3.31. The van der Waals surface area contributed by atoms with Crippen LogP contribution in [-0.2, 0) is 6.54 Å². The van der Waals surface area contributed by atoms with Crippen molar-refractivity contribution in [2.24, 2.45) is 0 Å². The van der Waals surface area contributed by atoms with E-state index in [0.29, 0.717) is 6.54 Å². The van der Waals surface area contributed by atoms with Crippen LogP contribution in [0, 0.1) is 0 Å². The quantitative estimate of drug-likeness (QED) is 0.799. The minimum atomic E-state index is -0.0162. The van der Waals surface area contributed by atoms with Gasteiger partial charge in [-0.15, -0.1) is 0 Å². The Labute approximate surface area is 140 Å². The van der Waals surface area contributed by atoms with E-state index in [1.54, 1.807) is 14.2 Å². The van der Waals surface area contributed by atoms with Crippen LogP contribution in [0.3, 0.4) is 0 Å². The van der Waals surface area contributed by atoms with Gasteiger partial charge in [0.05, 0.1) is 14.2 Å². The first-order chi connectivity index (χ1) is 11.7. The number of amides is 1. The summed E-state index contributed by atoms with van der Waals surface area (Å²) in [5.74, 6) is 1.59. The summed E-state index contributed by atoms with van der Waals surface area (Å²) >= 11 is 0. The van der Waals surface area contributed by atoms with E-state index in [1.807, 2.05) is 48.5 Å². The molecule has 120 valence electrons. The molecule has 1 heterocycles. The van der Waals surface area contributed by atoms with Crippen molar-refractivity contribution in [2.75, 3.05) is 14.2 Å². The molecule has 0 bridgehead atoms. The Hall–Kier alpha value is -3.01. The van der Waals surface area contributed by atoms with Gasteiger partial charge in [0.2, 0.25) is 0 Å². The van der Waals surface area contributed by atoms with Crippen LogP contribution < -0.4 is 14.8 Å². The summed E-state index contributed by atoms with van der Waals surface area (Å²) in [6.45, 7) is 0.544. The predicted octanol–water partition coefficient (Wildman–Crippen LogP) is 3.77. The molecule has 1 aliphatic rings. The first kappa shape index (κ1) is 14.6. The molecule has 1 aliphatic heterocycles. The van der Waals surface area contributed by atoms with Crippen molar-refractivity contribution >= 4 is 16.7 Å². The lowest BCUT2D eigenvalue weighted by Crippen LogP contribution is -2.12. The number of nitrogens with one attached hydrogen (secondary N) is 1. The van der Waals surface area contributed by atoms with E-state index in [1.165, 1.54) is 0 Å². The Morgan fingerprint density at radius 1 is 0.917 bits per heavy atom. The Morgan fingerprint density at radius 3 is 2.33 bits per heavy atom. The fraction of sp³-hybridized carbons (Fsp3) is 0.150. The molecule has 1 amide bonds. The standard InChI is InChI=1S/C20H17NO3/c1-23-14-6-3-12(4-7-14)19-16-10-15(24-2)8-5-13(16)9-17-18(19)11-21-20(17)22/h3-10H,11H2,1-2H3,(H,21,22). The number of methoxy groups -OCH3 is 2. The summed E-state index contributed by atoms with van der Waals surface area (Å²) in [6, 6.07) is 15.8. The number of carbonyl (C=O) groups excluding carboxylic acids is 1. The van der Waals surface area contributed by atoms with Gasteiger partial charge in [-0.05, 0) is 57.8 Å². The number of fused-ring (bicyclic) bond motifs is 2. The molecule has 0 spiro atoms. The van der Waals surface area contributed by atoms with Gasteiger partial charge in [0.15, 0.2) is 0 Å². The van der Waals surface area contributed by atoms with Crippen LogP contribution in [0.15, 0.2) is 48.5 Å². The second kappa shape index (κ2) is 5.57. The Kier molecular flexibility index (Phi) is 3.38. The Bertz CT molecular complexity index is 945. The van der Waals surface area contributed by atoms with Gasteiger partial charge in [-0.25, -0.2) is 0 Å². The van der Waals surface area contributed by atoms with Crippen LogP contribution in [0.2, 0.25) is 0 Å². The van der Waals surface area contributed by atoms with Crippen molar-refractivity contribution in [3.05, 3.63) is 59.7 Å². The number of ether oxygens (including phenoxy) is 2. The van der Waals surface area contributed by atoms with Gasteiger partial charge in [0.25, 0.3) is 5.91 Å². The van der Waals surface area contributed by atoms with Crippen molar-refractivity contribution in [2.45, 2.75) is 6.54 Å². The van der Waals surface area contributed by atoms with E-state index in [-0.39, 0.29) is 5.91 Å². The van der Waals surface area contributed by atoms with E-state index < -0.39 is 0 Å². The van der Waals surface area contributed by atoms with Gasteiger partial charge in [0, 0.05) is 12.1 Å². The molecule has 0 fully saturated rings. The van der Waals surface area contributed by atoms with E-state index >= 15 is 0 Å². The first-order valence-corrected chi connectivity index (χ1v) is 7.77. The lowest BCUT2D eigenvalue weighted by molar-refractivity contribution is 0.0966. The van der Waals surface area contributed by atoms with Gasteiger partial charge in [0.1, 0.15) is 11.5 Å². The van der Waals surface area contributed by atoms with Crippen LogP contribution in [0.4, 0.5) is 0 Å². The molecule has 0 aromatic heterocycles. The lowest BCUT2D eigenvalue weighted by Gasteiger charge is -2.14. The summed E-state index contributed by atoms with van der Waals surface area (Å²) < 4.78 is 10.6. The maximum atomic E-state index is 12.2. The second-order valence-electron chi connectivity index (χ2n) is 5.78. The fourth-order valence-corrected chi connectivity index (χ4v) is 3.28. The van der Waals surface area contributed by atoms with Crippen molar-refractivity contribution < 1.29 is 14.3 Å². The van der Waals surface area contributed by atoms with Crippen LogP contribution in [0.25, 0.3) is 21.9 Å². The zero-order chi connectivity index (χ0) is 16.7. The normalized spacial score (nSPS) is 12.8. The van der Waals surface area contributed by atoms with Crippen molar-refractivity contribution in [1.29, 1.82) is 0 Å². The number of carbonyl (C=O) groups is 1. The Balaban J connectivity index is 2.04. The molecule has 24 heavy (non-hydrogen) atoms. The maximum Gasteiger partial charge on any atom is 0.251 e. The fourth-order valence-electron chi connectivity index (χ4n) is 3.28. The van der Waals surface area contributed by atoms with Crippen molar-refractivity contribution in [3.8, 4) is 22.6 Å². The second-order valence-corrected chi connectivity index (χ2v) is 5.78. The topological polar surface area (TPSA) is 47.6 Å². The van der Waals surface area contributed by atoms with Gasteiger partial charge >= 0.3 is 0 Å². The summed E-state index contributed by atoms with van der Waals surface area (Å²) in [5, 5.41) is 5.03. The number of hydrogen-bond donors (Lipinski definition) is 1. The van der Waals surface area contributed by atoms with Crippen LogP contribution in [0.5, 0.6) is 11.5 Å². The molecule has 0 radical (unpaired) electrons. The SMILES string of the molecule is COc1ccc(-c2c3c(cc4ccc(OC)cc24)C(=O)NC3)cc1. The minimum Gasteiger partial charge on any atom is -0.497 e. The maximum absolute atomic E-state index is 12.2. The molecule has 0 atom stereocenters. The third-order valence-corrected chi connectivity index (χ3v) is 4.51. The highest BCUT2D eigenvalue weighted by atomic mass is 16.5. The minimum absolute atomic E-state index is 0.0162. The zero-order valence-corrected chi connectivity index (χ0v) is 13.6. The van der Waals surface area contributed by atoms with E-state index in [2.05, 4.69) is 5.32 Å². The van der Waals surface area contributed by atoms with E-state index in [9.17, 15) is 4.79 Å². The monoisotopic (exact) mass is 319 g/mol. The number of rotatable bonds is 3. The van der Waals surface area contributed by atoms with Crippen molar-refractivity contribution in [3.63, 3.8) is 0 Å². The molecule has 3 aromatic rings. The van der Waals surface area contributed by atoms with Crippen LogP contribution in [0.1, 0.15) is 15.9 Å². The van der Waals surface area contributed by atoms with Gasteiger partial charge in [-0.1, -0.05) is 18.2 Å². The summed E-state index contributed by atoms with van der Waals surface area (Å²) in [4.78, 5) is 12.2. The van der Waals surface area contributed by atoms with Gasteiger partial charge in [-0.2, -0.15) is 0 Å². The molecule has 1 N–H and O–H groups in total. The molecular weight excluding hydrogens is 302 g/mol. The summed E-state index contributed by atoms with van der Waals surface area (Å²) in [5.41, 5.74) is 3.91. The smallest absolute Gasteiger partial charge is 0.251 e. The van der Waals surface area contributed by atoms with E-state index in [0.717, 1.165) is 44.5 Å². The third kappa shape index (κ3) is 2.19. The highest BCUT2D eigenvalue weighted by Gasteiger charge is 2.24. The first-order valence-electron chi connectivity index (χ1n) is 7.77. The molecular formula is C20H17NO3. The molecule has 3 aromatic carbocycles. The lowest BCUT2D eigenvalue weighted by atomic mass is 9.90. The summed E-state index contributed by atoms with van der Waals surface area (Å²) in [6.07, 6.45) is 0. The third-order valence-electron chi connectivity index (χ3n) is 4.51. The highest BCUT2D eigenvalue weighted by Crippen LogP contribution is 2.38. The average Bonchev–Trinajstić information content (AvgIpc) is 3.00. The number of hydrogen-bond acceptors (Lipinski definition) is 3. The largest absolute Gasteiger partial charge is 0.497 e. The van der Waals surface area contributed by atoms with E-state index in [4.69, 9.17) is 9.47 Å². The molecule has 0 unspecified atom stereocenters. The average molecular weight is 319 g/mol. The number of benzene rings is 3. The molecule has 0 saturated heterocycles. The molecule has 0 saturated carbocycles. The van der Waals surface area contributed by atoms with Gasteiger partial charge < -0.3 is 14.8 Å². The molecule has 0 aliphatic carbocycles. The Morgan fingerprint density at radius 2 is 1.62 bits per heavy atom. The molecule has 4 heteroatoms. The predicted molar refractivity (Wildman–Crippen MR) is 93.7 cm³/mol. The van der Waals surface area contributed by atoms with Crippen LogP contribution >= 0.6 is 0 Å². The van der Waals surface area contributed by atoms with Crippen molar-refractivity contribution in [1.82, 2.24) is 5.32 Å².